The van der Waals surface area contributed by atoms with Crippen LogP contribution in [0.5, 0.6) is 5.75 Å². The molecule has 5 heteroatoms. The second-order valence-electron chi connectivity index (χ2n) is 10.2. The molecule has 2 aliphatic carbocycles. The maximum atomic E-state index is 13.9. The van der Waals surface area contributed by atoms with E-state index in [0.717, 1.165) is 36.3 Å². The zero-order valence-electron chi connectivity index (χ0n) is 20.0. The number of rotatable bonds is 11. The SMILES string of the molecule is CCC/C=C/CC[C@H]1CC[C@H]([C@H]2CC[C@H](CCc3cc(F)c(OC(F)F)c(F)c3)CC2)CC1. The molecule has 1 nitrogen and oxygen atoms in total. The van der Waals surface area contributed by atoms with Crippen LogP contribution in [0.2, 0.25) is 0 Å². The average molecular weight is 469 g/mol. The molecule has 0 aromatic heterocycles. The predicted octanol–water partition coefficient (Wildman–Crippen LogP) is 9.25. The number of hydrogen-bond acceptors (Lipinski definition) is 1. The molecule has 0 N–H and O–H groups in total. The van der Waals surface area contributed by atoms with Crippen LogP contribution in [0.3, 0.4) is 0 Å². The standard InChI is InChI=1S/C28H40F4O/c1-2-3-4-5-6-7-20-10-14-23(15-11-20)24-16-12-21(13-17-24)8-9-22-18-25(29)27(26(30)19-22)33-28(31)32/h4-5,18-21,23-24,28H,2-3,6-17H2,1H3/b5-4+/t20-,21-,23-,24-. The smallest absolute Gasteiger partial charge is 0.387 e. The first kappa shape index (κ1) is 26.1. The number of allylic oxidation sites excluding steroid dienone is 2. The third kappa shape index (κ3) is 8.33. The van der Waals surface area contributed by atoms with Gasteiger partial charge in [0.15, 0.2) is 17.4 Å². The highest BCUT2D eigenvalue weighted by Crippen LogP contribution is 2.43. The van der Waals surface area contributed by atoms with Crippen LogP contribution < -0.4 is 4.74 Å². The van der Waals surface area contributed by atoms with Gasteiger partial charge in [0.25, 0.3) is 0 Å². The maximum Gasteiger partial charge on any atom is 0.387 e. The third-order valence-electron chi connectivity index (χ3n) is 7.92. The van der Waals surface area contributed by atoms with Crippen LogP contribution >= 0.6 is 0 Å². The van der Waals surface area contributed by atoms with Gasteiger partial charge in [0, 0.05) is 0 Å². The van der Waals surface area contributed by atoms with Crippen molar-refractivity contribution >= 4 is 0 Å². The number of halogens is 4. The molecule has 186 valence electrons. The number of ether oxygens (including phenoxy) is 1. The van der Waals surface area contributed by atoms with Gasteiger partial charge >= 0.3 is 6.61 Å². The minimum Gasteiger partial charge on any atom is -0.429 e. The number of alkyl halides is 2. The molecular formula is C28H40F4O. The fourth-order valence-electron chi connectivity index (χ4n) is 5.96. The summed E-state index contributed by atoms with van der Waals surface area (Å²) in [5, 5.41) is 0. The van der Waals surface area contributed by atoms with E-state index in [1.165, 1.54) is 77.0 Å². The summed E-state index contributed by atoms with van der Waals surface area (Å²) < 4.78 is 56.4. The van der Waals surface area contributed by atoms with Crippen molar-refractivity contribution in [2.24, 2.45) is 23.7 Å². The Labute approximate surface area is 197 Å². The van der Waals surface area contributed by atoms with Crippen molar-refractivity contribution in [1.82, 2.24) is 0 Å². The molecule has 0 saturated heterocycles. The lowest BCUT2D eigenvalue weighted by Gasteiger charge is -2.38. The normalized spacial score (nSPS) is 26.2. The maximum absolute atomic E-state index is 13.9. The molecule has 0 atom stereocenters. The Morgan fingerprint density at radius 3 is 1.85 bits per heavy atom. The molecule has 0 heterocycles. The average Bonchev–Trinajstić information content (AvgIpc) is 2.81. The number of benzene rings is 1. The Bertz CT molecular complexity index is 708. The summed E-state index contributed by atoms with van der Waals surface area (Å²) in [5.74, 6) is 0.105. The van der Waals surface area contributed by atoms with Gasteiger partial charge in [-0.1, -0.05) is 51.2 Å². The Morgan fingerprint density at radius 1 is 0.818 bits per heavy atom. The molecule has 33 heavy (non-hydrogen) atoms. The van der Waals surface area contributed by atoms with Crippen LogP contribution in [0.4, 0.5) is 17.6 Å². The summed E-state index contributed by atoms with van der Waals surface area (Å²) >= 11 is 0. The second kappa shape index (κ2) is 13.4. The first-order valence-electron chi connectivity index (χ1n) is 13.0. The molecule has 2 saturated carbocycles. The van der Waals surface area contributed by atoms with Gasteiger partial charge in [-0.05, 0) is 99.2 Å². The highest BCUT2D eigenvalue weighted by atomic mass is 19.3. The summed E-state index contributed by atoms with van der Waals surface area (Å²) in [5.41, 5.74) is 0.511. The Hall–Kier alpha value is -1.52. The molecule has 0 amide bonds. The number of unbranched alkanes of at least 4 members (excludes halogenated alkanes) is 1. The topological polar surface area (TPSA) is 9.23 Å². The molecule has 2 aliphatic rings. The van der Waals surface area contributed by atoms with Gasteiger partial charge in [-0.3, -0.25) is 0 Å². The first-order chi connectivity index (χ1) is 16.0. The van der Waals surface area contributed by atoms with E-state index in [2.05, 4.69) is 23.8 Å². The Morgan fingerprint density at radius 2 is 1.33 bits per heavy atom. The van der Waals surface area contributed by atoms with Crippen molar-refractivity contribution < 1.29 is 22.3 Å². The van der Waals surface area contributed by atoms with Gasteiger partial charge < -0.3 is 4.74 Å². The van der Waals surface area contributed by atoms with E-state index in [9.17, 15) is 17.6 Å². The van der Waals surface area contributed by atoms with Gasteiger partial charge in [-0.2, -0.15) is 8.78 Å². The lowest BCUT2D eigenvalue weighted by molar-refractivity contribution is -0.0546. The molecule has 1 aromatic carbocycles. The molecule has 0 bridgehead atoms. The number of aryl methyl sites for hydroxylation is 1. The van der Waals surface area contributed by atoms with Crippen LogP contribution in [0.25, 0.3) is 0 Å². The van der Waals surface area contributed by atoms with E-state index in [-0.39, 0.29) is 0 Å². The molecule has 3 rings (SSSR count). The molecule has 2 fully saturated rings. The Kier molecular flexibility index (Phi) is 10.6. The van der Waals surface area contributed by atoms with E-state index in [0.29, 0.717) is 17.9 Å². The van der Waals surface area contributed by atoms with E-state index in [1.807, 2.05) is 0 Å². The zero-order valence-corrected chi connectivity index (χ0v) is 20.0. The zero-order chi connectivity index (χ0) is 23.6. The van der Waals surface area contributed by atoms with E-state index in [1.54, 1.807) is 0 Å². The van der Waals surface area contributed by atoms with Crippen molar-refractivity contribution in [3.05, 3.63) is 41.5 Å². The summed E-state index contributed by atoms with van der Waals surface area (Å²) in [4.78, 5) is 0. The van der Waals surface area contributed by atoms with Crippen molar-refractivity contribution in [2.45, 2.75) is 103 Å². The van der Waals surface area contributed by atoms with Gasteiger partial charge in [-0.25, -0.2) is 8.78 Å². The highest BCUT2D eigenvalue weighted by molar-refractivity contribution is 5.31. The summed E-state index contributed by atoms with van der Waals surface area (Å²) in [7, 11) is 0. The molecule has 0 unspecified atom stereocenters. The lowest BCUT2D eigenvalue weighted by Crippen LogP contribution is -2.26. The number of hydrogen-bond donors (Lipinski definition) is 0. The van der Waals surface area contributed by atoms with Crippen LogP contribution in [-0.4, -0.2) is 6.61 Å². The largest absolute Gasteiger partial charge is 0.429 e. The van der Waals surface area contributed by atoms with Crippen LogP contribution in [0.1, 0.15) is 96.0 Å². The van der Waals surface area contributed by atoms with Gasteiger partial charge in [0.1, 0.15) is 0 Å². The second-order valence-corrected chi connectivity index (χ2v) is 10.2. The van der Waals surface area contributed by atoms with Crippen LogP contribution in [0, 0.1) is 35.3 Å². The minimum atomic E-state index is -3.24. The fraction of sp³-hybridized carbons (Fsp3) is 0.714. The van der Waals surface area contributed by atoms with Gasteiger partial charge in [0.2, 0.25) is 0 Å². The van der Waals surface area contributed by atoms with Crippen LogP contribution in [0.15, 0.2) is 24.3 Å². The van der Waals surface area contributed by atoms with Crippen molar-refractivity contribution in [3.8, 4) is 5.75 Å². The van der Waals surface area contributed by atoms with E-state index in [4.69, 9.17) is 0 Å². The quantitative estimate of drug-likeness (QED) is 0.232. The van der Waals surface area contributed by atoms with E-state index >= 15 is 0 Å². The third-order valence-corrected chi connectivity index (χ3v) is 7.92. The monoisotopic (exact) mass is 468 g/mol. The predicted molar refractivity (Wildman–Crippen MR) is 125 cm³/mol. The summed E-state index contributed by atoms with van der Waals surface area (Å²) in [6, 6.07) is 2.26. The lowest BCUT2D eigenvalue weighted by atomic mass is 9.68. The first-order valence-corrected chi connectivity index (χ1v) is 13.0. The summed E-state index contributed by atoms with van der Waals surface area (Å²) in [6.07, 6.45) is 21.6. The molecular weight excluding hydrogens is 428 g/mol. The van der Waals surface area contributed by atoms with E-state index < -0.39 is 24.0 Å². The highest BCUT2D eigenvalue weighted by Gasteiger charge is 2.30. The molecule has 0 aliphatic heterocycles. The van der Waals surface area contributed by atoms with Gasteiger partial charge in [-0.15, -0.1) is 0 Å². The van der Waals surface area contributed by atoms with Crippen molar-refractivity contribution in [1.29, 1.82) is 0 Å². The van der Waals surface area contributed by atoms with Crippen molar-refractivity contribution in [3.63, 3.8) is 0 Å². The Balaban J connectivity index is 1.35. The van der Waals surface area contributed by atoms with Gasteiger partial charge in [0.05, 0.1) is 0 Å². The minimum absolute atomic E-state index is 0.511. The molecule has 1 aromatic rings. The van der Waals surface area contributed by atoms with Crippen LogP contribution in [-0.2, 0) is 6.42 Å². The molecule has 0 radical (unpaired) electrons. The van der Waals surface area contributed by atoms with Crippen molar-refractivity contribution in [2.75, 3.05) is 0 Å². The summed E-state index contributed by atoms with van der Waals surface area (Å²) in [6.45, 7) is -1.02. The molecule has 0 spiro atoms. The fourth-order valence-corrected chi connectivity index (χ4v) is 5.96.